The maximum absolute atomic E-state index is 6.04. The van der Waals surface area contributed by atoms with Crippen molar-refractivity contribution in [2.24, 2.45) is 0 Å². The van der Waals surface area contributed by atoms with Crippen molar-refractivity contribution in [3.63, 3.8) is 0 Å². The highest BCUT2D eigenvalue weighted by atomic mass is 35.5. The van der Waals surface area contributed by atoms with Crippen molar-refractivity contribution in [2.45, 2.75) is 38.9 Å². The number of benzene rings is 1. The van der Waals surface area contributed by atoms with E-state index in [2.05, 4.69) is 50.8 Å². The van der Waals surface area contributed by atoms with Crippen LogP contribution in [0.3, 0.4) is 0 Å². The quantitative estimate of drug-likeness (QED) is 0.778. The zero-order valence-corrected chi connectivity index (χ0v) is 13.4. The van der Waals surface area contributed by atoms with Crippen LogP contribution in [0.15, 0.2) is 24.3 Å². The molecule has 1 fully saturated rings. The van der Waals surface area contributed by atoms with Crippen molar-refractivity contribution >= 4 is 30.7 Å². The summed E-state index contributed by atoms with van der Waals surface area (Å²) in [6, 6.07) is 8.28. The predicted octanol–water partition coefficient (Wildman–Crippen LogP) is 2.47. The summed E-state index contributed by atoms with van der Waals surface area (Å²) in [5.41, 5.74) is 1.65. The second-order valence-corrected chi connectivity index (χ2v) is 6.08. The molecule has 106 valence electrons. The van der Waals surface area contributed by atoms with Gasteiger partial charge in [-0.2, -0.15) is 0 Å². The van der Waals surface area contributed by atoms with E-state index in [0.29, 0.717) is 0 Å². The van der Waals surface area contributed by atoms with Gasteiger partial charge in [0.15, 0.2) is 0 Å². The molecule has 5 heteroatoms. The van der Waals surface area contributed by atoms with Crippen LogP contribution in [-0.4, -0.2) is 32.4 Å². The van der Waals surface area contributed by atoms with Crippen LogP contribution in [0.25, 0.3) is 0 Å². The van der Waals surface area contributed by atoms with Crippen LogP contribution >= 0.6 is 12.4 Å². The normalized spacial score (nSPS) is 20.0. The minimum absolute atomic E-state index is 0. The molecular weight excluding hydrogens is 260 g/mol. The first-order valence-electron chi connectivity index (χ1n) is 6.36. The first-order chi connectivity index (χ1) is 8.23. The summed E-state index contributed by atoms with van der Waals surface area (Å²) in [6.07, 6.45) is 0. The predicted molar refractivity (Wildman–Crippen MR) is 83.7 cm³/mol. The third kappa shape index (κ3) is 3.07. The van der Waals surface area contributed by atoms with E-state index < -0.39 is 0 Å². The molecule has 1 aromatic rings. The first-order valence-corrected chi connectivity index (χ1v) is 6.36. The van der Waals surface area contributed by atoms with Gasteiger partial charge in [-0.25, -0.2) is 0 Å². The molecular formula is C14H23BClNO2. The number of halogens is 1. The third-order valence-corrected chi connectivity index (χ3v) is 3.91. The lowest BCUT2D eigenvalue weighted by atomic mass is 9.79. The van der Waals surface area contributed by atoms with E-state index in [-0.39, 0.29) is 30.7 Å². The third-order valence-electron chi connectivity index (χ3n) is 3.91. The zero-order chi connectivity index (χ0) is 13.6. The van der Waals surface area contributed by atoms with Crippen LogP contribution in [0, 0.1) is 0 Å². The van der Waals surface area contributed by atoms with Gasteiger partial charge < -0.3 is 14.2 Å². The maximum Gasteiger partial charge on any atom is 0.494 e. The molecule has 0 aliphatic carbocycles. The summed E-state index contributed by atoms with van der Waals surface area (Å²) in [7, 11) is 3.78. The highest BCUT2D eigenvalue weighted by Crippen LogP contribution is 2.36. The lowest BCUT2D eigenvalue weighted by Crippen LogP contribution is -2.41. The van der Waals surface area contributed by atoms with Gasteiger partial charge in [-0.15, -0.1) is 12.4 Å². The van der Waals surface area contributed by atoms with Crippen LogP contribution in [0.4, 0.5) is 5.69 Å². The van der Waals surface area contributed by atoms with E-state index in [0.717, 1.165) is 11.2 Å². The number of hydrogen-bond donors (Lipinski definition) is 0. The molecule has 0 N–H and O–H groups in total. The highest BCUT2D eigenvalue weighted by molar-refractivity contribution is 6.62. The van der Waals surface area contributed by atoms with Crippen molar-refractivity contribution < 1.29 is 9.31 Å². The van der Waals surface area contributed by atoms with E-state index >= 15 is 0 Å². The van der Waals surface area contributed by atoms with Crippen LogP contribution in [0.2, 0.25) is 0 Å². The molecule has 0 unspecified atom stereocenters. The van der Waals surface area contributed by atoms with Gasteiger partial charge in [0.2, 0.25) is 0 Å². The number of anilines is 1. The summed E-state index contributed by atoms with van der Waals surface area (Å²) in [5, 5.41) is 0. The summed E-state index contributed by atoms with van der Waals surface area (Å²) in [4.78, 5) is 2.08. The van der Waals surface area contributed by atoms with Gasteiger partial charge in [0.25, 0.3) is 0 Å². The Morgan fingerprint density at radius 3 is 2.00 bits per heavy atom. The Kier molecular flexibility index (Phi) is 4.60. The molecule has 0 bridgehead atoms. The number of hydrogen-bond acceptors (Lipinski definition) is 3. The molecule has 1 heterocycles. The lowest BCUT2D eigenvalue weighted by molar-refractivity contribution is 0.00578. The molecule has 0 spiro atoms. The fourth-order valence-corrected chi connectivity index (χ4v) is 1.93. The molecule has 0 atom stereocenters. The van der Waals surface area contributed by atoms with Gasteiger partial charge in [0.1, 0.15) is 0 Å². The van der Waals surface area contributed by atoms with Crippen LogP contribution in [-0.2, 0) is 9.31 Å². The fraction of sp³-hybridized carbons (Fsp3) is 0.571. The Hall–Kier alpha value is -0.705. The van der Waals surface area contributed by atoms with Gasteiger partial charge in [0.05, 0.1) is 11.2 Å². The van der Waals surface area contributed by atoms with E-state index in [1.807, 2.05) is 20.2 Å². The van der Waals surface area contributed by atoms with Crippen molar-refractivity contribution in [1.82, 2.24) is 0 Å². The molecule has 3 nitrogen and oxygen atoms in total. The van der Waals surface area contributed by atoms with Crippen LogP contribution < -0.4 is 10.4 Å². The highest BCUT2D eigenvalue weighted by Gasteiger charge is 2.51. The summed E-state index contributed by atoms with van der Waals surface area (Å²) < 4.78 is 12.1. The topological polar surface area (TPSA) is 21.7 Å². The average molecular weight is 284 g/mol. The molecule has 19 heavy (non-hydrogen) atoms. The second kappa shape index (κ2) is 5.35. The van der Waals surface area contributed by atoms with Gasteiger partial charge in [-0.1, -0.05) is 12.1 Å². The van der Waals surface area contributed by atoms with E-state index in [9.17, 15) is 0 Å². The fourth-order valence-electron chi connectivity index (χ4n) is 1.93. The van der Waals surface area contributed by atoms with Crippen LogP contribution in [0.1, 0.15) is 27.7 Å². The molecule has 1 aliphatic heterocycles. The Morgan fingerprint density at radius 1 is 1.00 bits per heavy atom. The van der Waals surface area contributed by atoms with E-state index in [1.165, 1.54) is 0 Å². The summed E-state index contributed by atoms with van der Waals surface area (Å²) >= 11 is 0. The van der Waals surface area contributed by atoms with Gasteiger partial charge in [-0.3, -0.25) is 0 Å². The Balaban J connectivity index is 0.00000180. The Bertz CT molecular complexity index is 433. The Labute approximate surface area is 122 Å². The molecule has 0 radical (unpaired) electrons. The van der Waals surface area contributed by atoms with Crippen molar-refractivity contribution in [3.8, 4) is 0 Å². The standard InChI is InChI=1S/C14H22BNO2.ClH/c1-13(2)14(3,4)18-15(17-13)11-8-7-9-12(10-11)16(5)6;/h7-10H,1-6H3;1H. The number of nitrogens with zero attached hydrogens (tertiary/aromatic N) is 1. The van der Waals surface area contributed by atoms with Crippen molar-refractivity contribution in [3.05, 3.63) is 24.3 Å². The lowest BCUT2D eigenvalue weighted by Gasteiger charge is -2.32. The molecule has 1 aromatic carbocycles. The minimum atomic E-state index is -0.286. The molecule has 2 rings (SSSR count). The SMILES string of the molecule is CN(C)c1cccc(B2OC(C)(C)C(C)(C)O2)c1.Cl. The average Bonchev–Trinajstić information content (AvgIpc) is 2.48. The molecule has 0 aromatic heterocycles. The van der Waals surface area contributed by atoms with Crippen molar-refractivity contribution in [1.29, 1.82) is 0 Å². The van der Waals surface area contributed by atoms with Gasteiger partial charge in [-0.05, 0) is 45.3 Å². The monoisotopic (exact) mass is 283 g/mol. The molecule has 0 amide bonds. The van der Waals surface area contributed by atoms with Crippen molar-refractivity contribution in [2.75, 3.05) is 19.0 Å². The maximum atomic E-state index is 6.04. The van der Waals surface area contributed by atoms with Crippen LogP contribution in [0.5, 0.6) is 0 Å². The van der Waals surface area contributed by atoms with Gasteiger partial charge in [0, 0.05) is 19.8 Å². The molecule has 1 aliphatic rings. The van der Waals surface area contributed by atoms with E-state index in [4.69, 9.17) is 9.31 Å². The number of rotatable bonds is 2. The van der Waals surface area contributed by atoms with Gasteiger partial charge >= 0.3 is 7.12 Å². The summed E-state index contributed by atoms with van der Waals surface area (Å²) in [5.74, 6) is 0. The first kappa shape index (κ1) is 16.3. The smallest absolute Gasteiger partial charge is 0.399 e. The second-order valence-electron chi connectivity index (χ2n) is 6.08. The Morgan fingerprint density at radius 2 is 1.53 bits per heavy atom. The molecule has 0 saturated carbocycles. The largest absolute Gasteiger partial charge is 0.494 e. The molecule has 1 saturated heterocycles. The zero-order valence-electron chi connectivity index (χ0n) is 12.6. The van der Waals surface area contributed by atoms with E-state index in [1.54, 1.807) is 0 Å². The minimum Gasteiger partial charge on any atom is -0.399 e. The summed E-state index contributed by atoms with van der Waals surface area (Å²) in [6.45, 7) is 8.29.